The van der Waals surface area contributed by atoms with Gasteiger partial charge in [0.15, 0.2) is 29.3 Å². The molecule has 0 aliphatic heterocycles. The highest BCUT2D eigenvalue weighted by atomic mass is 35.5. The topological polar surface area (TPSA) is 72.5 Å². The van der Waals surface area contributed by atoms with Crippen LogP contribution in [0.25, 0.3) is 0 Å². The van der Waals surface area contributed by atoms with Crippen LogP contribution in [0.3, 0.4) is 0 Å². The first-order chi connectivity index (χ1) is 13.2. The van der Waals surface area contributed by atoms with Gasteiger partial charge in [0.2, 0.25) is 0 Å². The van der Waals surface area contributed by atoms with Crippen LogP contribution >= 0.6 is 11.6 Å². The molecule has 2 aromatic rings. The molecule has 0 spiro atoms. The highest BCUT2D eigenvalue weighted by Gasteiger charge is 2.21. The van der Waals surface area contributed by atoms with Gasteiger partial charge in [0.25, 0.3) is 5.91 Å². The van der Waals surface area contributed by atoms with Crippen LogP contribution in [0.1, 0.15) is 30.1 Å². The van der Waals surface area contributed by atoms with Crippen LogP contribution in [0.2, 0.25) is 5.02 Å². The summed E-state index contributed by atoms with van der Waals surface area (Å²) in [5.41, 5.74) is -0.221. The number of Topliss-reactive ketones (excluding diaryl/α,β-unsaturated/α-hetero) is 1. The molecule has 2 aromatic carbocycles. The summed E-state index contributed by atoms with van der Waals surface area (Å²) >= 11 is 5.73. The lowest BCUT2D eigenvalue weighted by Crippen LogP contribution is -2.30. The van der Waals surface area contributed by atoms with Gasteiger partial charge in [-0.15, -0.1) is 0 Å². The van der Waals surface area contributed by atoms with E-state index in [0.717, 1.165) is 6.07 Å². The molecule has 0 fully saturated rings. The van der Waals surface area contributed by atoms with Gasteiger partial charge in [-0.2, -0.15) is 0 Å². The number of esters is 1. The SMILES string of the molecule is C[C@@H](OC(=O)CCC(=O)c1ccc(Cl)cc1)C(=O)Nc1ccc(F)c(F)c1F. The van der Waals surface area contributed by atoms with E-state index in [1.807, 2.05) is 5.32 Å². The second-order valence-corrected chi connectivity index (χ2v) is 6.21. The van der Waals surface area contributed by atoms with Crippen LogP contribution in [-0.2, 0) is 14.3 Å². The molecule has 0 unspecified atom stereocenters. The minimum atomic E-state index is -1.73. The summed E-state index contributed by atoms with van der Waals surface area (Å²) in [6, 6.07) is 7.59. The smallest absolute Gasteiger partial charge is 0.307 e. The van der Waals surface area contributed by atoms with Crippen molar-refractivity contribution in [1.29, 1.82) is 0 Å². The van der Waals surface area contributed by atoms with Crippen molar-refractivity contribution in [3.8, 4) is 0 Å². The second-order valence-electron chi connectivity index (χ2n) is 5.77. The Hall–Kier alpha value is -2.87. The lowest BCUT2D eigenvalue weighted by Gasteiger charge is -2.14. The summed E-state index contributed by atoms with van der Waals surface area (Å²) in [7, 11) is 0. The summed E-state index contributed by atoms with van der Waals surface area (Å²) in [5.74, 6) is -6.78. The van der Waals surface area contributed by atoms with E-state index in [2.05, 4.69) is 0 Å². The van der Waals surface area contributed by atoms with Crippen LogP contribution < -0.4 is 5.32 Å². The van der Waals surface area contributed by atoms with Gasteiger partial charge in [0.1, 0.15) is 0 Å². The normalized spacial score (nSPS) is 11.6. The van der Waals surface area contributed by atoms with Crippen LogP contribution in [-0.4, -0.2) is 23.8 Å². The second kappa shape index (κ2) is 9.36. The number of hydrogen-bond donors (Lipinski definition) is 1. The number of carbonyl (C=O) groups excluding carboxylic acids is 3. The number of carbonyl (C=O) groups is 3. The zero-order chi connectivity index (χ0) is 20.8. The van der Waals surface area contributed by atoms with E-state index in [1.165, 1.54) is 31.2 Å². The number of ketones is 1. The lowest BCUT2D eigenvalue weighted by molar-refractivity contribution is -0.153. The van der Waals surface area contributed by atoms with Crippen molar-refractivity contribution < 1.29 is 32.3 Å². The predicted molar refractivity (Wildman–Crippen MR) is 95.5 cm³/mol. The van der Waals surface area contributed by atoms with E-state index >= 15 is 0 Å². The monoisotopic (exact) mass is 413 g/mol. The average molecular weight is 414 g/mol. The Labute approximate surface area is 163 Å². The molecule has 0 heterocycles. The Kier molecular flexibility index (Phi) is 7.17. The fourth-order valence-electron chi connectivity index (χ4n) is 2.16. The van der Waals surface area contributed by atoms with Crippen molar-refractivity contribution in [1.82, 2.24) is 0 Å². The Balaban J connectivity index is 1.86. The molecule has 0 aliphatic carbocycles. The van der Waals surface area contributed by atoms with Gasteiger partial charge >= 0.3 is 5.97 Å². The molecule has 1 amide bonds. The van der Waals surface area contributed by atoms with Crippen molar-refractivity contribution in [2.75, 3.05) is 5.32 Å². The Morgan fingerprint density at radius 2 is 1.64 bits per heavy atom. The molecular formula is C19H15ClF3NO4. The van der Waals surface area contributed by atoms with Gasteiger partial charge in [-0.25, -0.2) is 13.2 Å². The maximum absolute atomic E-state index is 13.6. The Bertz CT molecular complexity index is 903. The van der Waals surface area contributed by atoms with E-state index in [9.17, 15) is 27.6 Å². The number of benzene rings is 2. The third kappa shape index (κ3) is 5.56. The van der Waals surface area contributed by atoms with Crippen molar-refractivity contribution in [2.45, 2.75) is 25.9 Å². The molecule has 0 radical (unpaired) electrons. The molecule has 1 N–H and O–H groups in total. The number of anilines is 1. The molecule has 0 aliphatic rings. The van der Waals surface area contributed by atoms with Gasteiger partial charge in [0, 0.05) is 17.0 Å². The van der Waals surface area contributed by atoms with E-state index < -0.39 is 41.1 Å². The number of rotatable bonds is 7. The Morgan fingerprint density at radius 1 is 1.00 bits per heavy atom. The number of amides is 1. The minimum Gasteiger partial charge on any atom is -0.453 e. The summed E-state index contributed by atoms with van der Waals surface area (Å²) in [4.78, 5) is 35.7. The lowest BCUT2D eigenvalue weighted by atomic mass is 10.1. The Morgan fingerprint density at radius 3 is 2.29 bits per heavy atom. The van der Waals surface area contributed by atoms with Crippen LogP contribution in [0.4, 0.5) is 18.9 Å². The maximum atomic E-state index is 13.6. The number of ether oxygens (including phenoxy) is 1. The molecule has 5 nitrogen and oxygen atoms in total. The van der Waals surface area contributed by atoms with Gasteiger partial charge in [-0.05, 0) is 43.3 Å². The summed E-state index contributed by atoms with van der Waals surface area (Å²) in [6.45, 7) is 1.21. The summed E-state index contributed by atoms with van der Waals surface area (Å²) in [6.07, 6.45) is -1.77. The first-order valence-corrected chi connectivity index (χ1v) is 8.49. The molecule has 0 saturated heterocycles. The first-order valence-electron chi connectivity index (χ1n) is 8.11. The van der Waals surface area contributed by atoms with Crippen molar-refractivity contribution in [3.63, 3.8) is 0 Å². The van der Waals surface area contributed by atoms with Crippen LogP contribution in [0.15, 0.2) is 36.4 Å². The molecule has 9 heteroatoms. The number of halogens is 4. The largest absolute Gasteiger partial charge is 0.453 e. The molecule has 28 heavy (non-hydrogen) atoms. The number of hydrogen-bond acceptors (Lipinski definition) is 4. The fourth-order valence-corrected chi connectivity index (χ4v) is 2.29. The third-order valence-corrected chi connectivity index (χ3v) is 3.94. The van der Waals surface area contributed by atoms with E-state index in [1.54, 1.807) is 0 Å². The standard InChI is InChI=1S/C19H15ClF3NO4/c1-10(19(27)24-14-7-6-13(21)17(22)18(14)23)28-16(26)9-8-15(25)11-2-4-12(20)5-3-11/h2-7,10H,8-9H2,1H3,(H,24,27)/t10-/m1/s1. The van der Waals surface area contributed by atoms with E-state index in [4.69, 9.17) is 16.3 Å². The molecule has 2 rings (SSSR count). The molecule has 148 valence electrons. The third-order valence-electron chi connectivity index (χ3n) is 3.69. The number of nitrogens with one attached hydrogen (secondary N) is 1. The molecule has 0 bridgehead atoms. The zero-order valence-corrected chi connectivity index (χ0v) is 15.4. The van der Waals surface area contributed by atoms with Crippen LogP contribution in [0.5, 0.6) is 0 Å². The van der Waals surface area contributed by atoms with Gasteiger partial charge in [-0.3, -0.25) is 14.4 Å². The highest BCUT2D eigenvalue weighted by molar-refractivity contribution is 6.30. The van der Waals surface area contributed by atoms with Gasteiger partial charge in [-0.1, -0.05) is 11.6 Å². The van der Waals surface area contributed by atoms with Crippen LogP contribution in [0, 0.1) is 17.5 Å². The van der Waals surface area contributed by atoms with Crippen molar-refractivity contribution >= 4 is 34.9 Å². The quantitative estimate of drug-likeness (QED) is 0.417. The molecule has 1 atom stereocenters. The fraction of sp³-hybridized carbons (Fsp3) is 0.211. The average Bonchev–Trinajstić information content (AvgIpc) is 2.67. The van der Waals surface area contributed by atoms with Crippen molar-refractivity contribution in [2.24, 2.45) is 0 Å². The minimum absolute atomic E-state index is 0.146. The molecule has 0 saturated carbocycles. The highest BCUT2D eigenvalue weighted by Crippen LogP contribution is 2.20. The maximum Gasteiger partial charge on any atom is 0.307 e. The predicted octanol–water partition coefficient (Wildman–Crippen LogP) is 4.29. The van der Waals surface area contributed by atoms with E-state index in [0.29, 0.717) is 16.7 Å². The zero-order valence-electron chi connectivity index (χ0n) is 14.6. The molecule has 0 aromatic heterocycles. The van der Waals surface area contributed by atoms with E-state index in [-0.39, 0.29) is 18.6 Å². The summed E-state index contributed by atoms with van der Waals surface area (Å²) < 4.78 is 44.5. The summed E-state index contributed by atoms with van der Waals surface area (Å²) in [5, 5.41) is 2.47. The molecular weight excluding hydrogens is 399 g/mol. The van der Waals surface area contributed by atoms with Gasteiger partial charge in [0.05, 0.1) is 12.1 Å². The van der Waals surface area contributed by atoms with Gasteiger partial charge < -0.3 is 10.1 Å². The van der Waals surface area contributed by atoms with Crippen molar-refractivity contribution in [3.05, 3.63) is 64.4 Å². The first kappa shape index (κ1) is 21.4.